The molecule has 20 heavy (non-hydrogen) atoms. The van der Waals surface area contributed by atoms with Crippen LogP contribution in [0, 0.1) is 17.0 Å². The maximum atomic E-state index is 12.1. The molecule has 2 aromatic rings. The van der Waals surface area contributed by atoms with Gasteiger partial charge in [0.05, 0.1) is 10.6 Å². The van der Waals surface area contributed by atoms with E-state index in [1.165, 1.54) is 18.2 Å². The summed E-state index contributed by atoms with van der Waals surface area (Å²) in [5.41, 5.74) is 5.77. The molecule has 0 atom stereocenters. The predicted molar refractivity (Wildman–Crippen MR) is 77.3 cm³/mol. The highest BCUT2D eigenvalue weighted by Gasteiger charge is 2.20. The second-order valence-electron chi connectivity index (χ2n) is 3.84. The number of anilines is 2. The first-order chi connectivity index (χ1) is 9.38. The molecule has 1 aromatic carbocycles. The van der Waals surface area contributed by atoms with E-state index in [2.05, 4.69) is 10.3 Å². The van der Waals surface area contributed by atoms with Gasteiger partial charge < -0.3 is 11.1 Å². The van der Waals surface area contributed by atoms with E-state index in [0.717, 1.165) is 11.3 Å². The van der Waals surface area contributed by atoms with Crippen molar-refractivity contribution in [2.75, 3.05) is 11.1 Å². The molecule has 0 aliphatic heterocycles. The molecule has 0 saturated heterocycles. The first kappa shape index (κ1) is 14.2. The summed E-state index contributed by atoms with van der Waals surface area (Å²) in [6, 6.07) is 4.00. The Balaban J connectivity index is 2.33. The molecule has 0 spiro atoms. The molecule has 7 nitrogen and oxygen atoms in total. The predicted octanol–water partition coefficient (Wildman–Crippen LogP) is 2.85. The van der Waals surface area contributed by atoms with Gasteiger partial charge in [0.2, 0.25) is 0 Å². The number of halogens is 1. The zero-order valence-electron chi connectivity index (χ0n) is 10.2. The molecule has 0 bridgehead atoms. The lowest BCUT2D eigenvalue weighted by molar-refractivity contribution is -0.383. The number of benzene rings is 1. The van der Waals surface area contributed by atoms with Crippen molar-refractivity contribution in [2.45, 2.75) is 6.92 Å². The third-order valence-electron chi connectivity index (χ3n) is 2.42. The number of nitrogens with two attached hydrogens (primary N) is 1. The van der Waals surface area contributed by atoms with E-state index in [0.29, 0.717) is 10.6 Å². The number of nitro benzene ring substituents is 1. The van der Waals surface area contributed by atoms with Crippen LogP contribution >= 0.6 is 22.9 Å². The van der Waals surface area contributed by atoms with Crippen molar-refractivity contribution in [3.8, 4) is 0 Å². The molecule has 1 amide bonds. The maximum Gasteiger partial charge on any atom is 0.294 e. The lowest BCUT2D eigenvalue weighted by Gasteiger charge is -2.05. The van der Waals surface area contributed by atoms with Crippen LogP contribution in [-0.2, 0) is 0 Å². The second kappa shape index (κ2) is 5.43. The van der Waals surface area contributed by atoms with E-state index >= 15 is 0 Å². The minimum absolute atomic E-state index is 0.0655. The molecule has 0 fully saturated rings. The number of aryl methyl sites for hydroxylation is 1. The molecule has 9 heteroatoms. The highest BCUT2D eigenvalue weighted by atomic mass is 35.5. The van der Waals surface area contributed by atoms with Gasteiger partial charge in [0, 0.05) is 11.1 Å². The van der Waals surface area contributed by atoms with Gasteiger partial charge in [-0.2, -0.15) is 0 Å². The summed E-state index contributed by atoms with van der Waals surface area (Å²) in [4.78, 5) is 26.6. The molecule has 0 aliphatic carbocycles. The Labute approximate surface area is 122 Å². The van der Waals surface area contributed by atoms with Gasteiger partial charge >= 0.3 is 0 Å². The van der Waals surface area contributed by atoms with Gasteiger partial charge in [-0.3, -0.25) is 14.9 Å². The number of rotatable bonds is 3. The molecule has 0 radical (unpaired) electrons. The number of nitrogens with one attached hydrogen (secondary N) is 1. The number of nitro groups is 1. The number of aromatic nitrogens is 1. The molecule has 0 aliphatic rings. The molecule has 104 valence electrons. The van der Waals surface area contributed by atoms with Crippen molar-refractivity contribution in [2.24, 2.45) is 0 Å². The minimum atomic E-state index is -0.616. The SMILES string of the molecule is Cc1nc(N)sc1C(=O)Nc1ccc(Cl)cc1[N+](=O)[O-]. The highest BCUT2D eigenvalue weighted by Crippen LogP contribution is 2.29. The molecule has 1 aromatic heterocycles. The average Bonchev–Trinajstić information content (AvgIpc) is 2.70. The van der Waals surface area contributed by atoms with Crippen LogP contribution in [0.1, 0.15) is 15.4 Å². The van der Waals surface area contributed by atoms with Gasteiger partial charge in [-0.25, -0.2) is 4.98 Å². The smallest absolute Gasteiger partial charge is 0.294 e. The quantitative estimate of drug-likeness (QED) is 0.668. The van der Waals surface area contributed by atoms with Crippen molar-refractivity contribution in [1.82, 2.24) is 4.98 Å². The van der Waals surface area contributed by atoms with Crippen LogP contribution in [0.25, 0.3) is 0 Å². The van der Waals surface area contributed by atoms with Crippen LogP contribution in [0.5, 0.6) is 0 Å². The Bertz CT molecular complexity index is 701. The number of amides is 1. The summed E-state index contributed by atoms with van der Waals surface area (Å²) in [5, 5.41) is 13.9. The van der Waals surface area contributed by atoms with E-state index in [1.54, 1.807) is 6.92 Å². The summed E-state index contributed by atoms with van der Waals surface area (Å²) < 4.78 is 0. The molecule has 0 saturated carbocycles. The Kier molecular flexibility index (Phi) is 3.86. The van der Waals surface area contributed by atoms with Crippen LogP contribution in [-0.4, -0.2) is 15.8 Å². The number of carbonyl (C=O) groups excluding carboxylic acids is 1. The Morgan fingerprint density at radius 3 is 2.80 bits per heavy atom. The van der Waals surface area contributed by atoms with Crippen LogP contribution in [0.2, 0.25) is 5.02 Å². The zero-order chi connectivity index (χ0) is 14.9. The minimum Gasteiger partial charge on any atom is -0.375 e. The summed E-state index contributed by atoms with van der Waals surface area (Å²) in [7, 11) is 0. The fourth-order valence-electron chi connectivity index (χ4n) is 1.57. The summed E-state index contributed by atoms with van der Waals surface area (Å²) in [5.74, 6) is -0.498. The lowest BCUT2D eigenvalue weighted by Crippen LogP contribution is -2.12. The van der Waals surface area contributed by atoms with Crippen molar-refractivity contribution in [3.05, 3.63) is 43.9 Å². The van der Waals surface area contributed by atoms with Crippen molar-refractivity contribution >= 4 is 45.4 Å². The standard InChI is InChI=1S/C11H9ClN4O3S/c1-5-9(20-11(13)14-5)10(17)15-7-3-2-6(12)4-8(7)16(18)19/h2-4H,1H3,(H2,13,14)(H,15,17). The Morgan fingerprint density at radius 1 is 1.55 bits per heavy atom. The van der Waals surface area contributed by atoms with Crippen molar-refractivity contribution in [1.29, 1.82) is 0 Å². The van der Waals surface area contributed by atoms with Crippen molar-refractivity contribution < 1.29 is 9.72 Å². The van der Waals surface area contributed by atoms with Gasteiger partial charge in [-0.05, 0) is 19.1 Å². The van der Waals surface area contributed by atoms with E-state index in [4.69, 9.17) is 17.3 Å². The molecule has 1 heterocycles. The number of carbonyl (C=O) groups is 1. The Morgan fingerprint density at radius 2 is 2.25 bits per heavy atom. The van der Waals surface area contributed by atoms with Crippen LogP contribution in [0.15, 0.2) is 18.2 Å². The fourth-order valence-corrected chi connectivity index (χ4v) is 2.46. The largest absolute Gasteiger partial charge is 0.375 e. The number of nitrogen functional groups attached to an aromatic ring is 1. The lowest BCUT2D eigenvalue weighted by atomic mass is 10.2. The molecule has 2 rings (SSSR count). The van der Waals surface area contributed by atoms with Gasteiger partial charge in [-0.1, -0.05) is 22.9 Å². The third kappa shape index (κ3) is 2.86. The Hall–Kier alpha value is -2.19. The zero-order valence-corrected chi connectivity index (χ0v) is 11.8. The molecule has 3 N–H and O–H groups in total. The van der Waals surface area contributed by atoms with E-state index in [1.807, 2.05) is 0 Å². The summed E-state index contributed by atoms with van der Waals surface area (Å²) in [6.45, 7) is 1.64. The van der Waals surface area contributed by atoms with E-state index < -0.39 is 10.8 Å². The first-order valence-corrected chi connectivity index (χ1v) is 6.56. The number of hydrogen-bond acceptors (Lipinski definition) is 6. The molecular formula is C11H9ClN4O3S. The highest BCUT2D eigenvalue weighted by molar-refractivity contribution is 7.17. The average molecular weight is 313 g/mol. The van der Waals surface area contributed by atoms with Crippen LogP contribution < -0.4 is 11.1 Å². The van der Waals surface area contributed by atoms with E-state index in [-0.39, 0.29) is 21.5 Å². The number of thiazole rings is 1. The monoisotopic (exact) mass is 312 g/mol. The van der Waals surface area contributed by atoms with Gasteiger partial charge in [-0.15, -0.1) is 0 Å². The topological polar surface area (TPSA) is 111 Å². The van der Waals surface area contributed by atoms with Gasteiger partial charge in [0.1, 0.15) is 10.6 Å². The fraction of sp³-hybridized carbons (Fsp3) is 0.0909. The van der Waals surface area contributed by atoms with Crippen LogP contribution in [0.3, 0.4) is 0 Å². The first-order valence-electron chi connectivity index (χ1n) is 5.36. The van der Waals surface area contributed by atoms with Crippen LogP contribution in [0.4, 0.5) is 16.5 Å². The maximum absolute atomic E-state index is 12.1. The number of hydrogen-bond donors (Lipinski definition) is 2. The summed E-state index contributed by atoms with van der Waals surface area (Å²) in [6.07, 6.45) is 0. The molecule has 0 unspecified atom stereocenters. The summed E-state index contributed by atoms with van der Waals surface area (Å²) >= 11 is 6.72. The number of nitrogens with zero attached hydrogens (tertiary/aromatic N) is 2. The third-order valence-corrected chi connectivity index (χ3v) is 3.64. The normalized spacial score (nSPS) is 10.3. The van der Waals surface area contributed by atoms with Gasteiger partial charge in [0.15, 0.2) is 5.13 Å². The van der Waals surface area contributed by atoms with E-state index in [9.17, 15) is 14.9 Å². The van der Waals surface area contributed by atoms with Crippen molar-refractivity contribution in [3.63, 3.8) is 0 Å². The second-order valence-corrected chi connectivity index (χ2v) is 5.31. The molecular weight excluding hydrogens is 304 g/mol. The van der Waals surface area contributed by atoms with Gasteiger partial charge in [0.25, 0.3) is 11.6 Å².